The topological polar surface area (TPSA) is 35.9 Å². The predicted molar refractivity (Wildman–Crippen MR) is 164 cm³/mol. The summed E-state index contributed by atoms with van der Waals surface area (Å²) in [6.45, 7) is 0. The zero-order chi connectivity index (χ0) is 27.4. The average Bonchev–Trinajstić information content (AvgIpc) is 2.89. The Bertz CT molecular complexity index is 1410. The zero-order valence-corrected chi connectivity index (χ0v) is 30.7. The molecule has 0 bridgehead atoms. The molecule has 0 aromatic heterocycles. The molecule has 2 aromatic carbocycles. The van der Waals surface area contributed by atoms with Crippen molar-refractivity contribution in [2.75, 3.05) is 38.0 Å². The molecule has 2 aliphatic rings. The van der Waals surface area contributed by atoms with E-state index < -0.39 is 0 Å². The second kappa shape index (κ2) is 13.0. The van der Waals surface area contributed by atoms with E-state index in [-0.39, 0.29) is 0 Å². The number of rotatable bonds is 6. The molecule has 1 aliphatic heterocycles. The Labute approximate surface area is 263 Å². The summed E-state index contributed by atoms with van der Waals surface area (Å²) in [4.78, 5) is 4.18. The summed E-state index contributed by atoms with van der Waals surface area (Å²) in [5.41, 5.74) is 8.64. The fourth-order valence-corrected chi connectivity index (χ4v) is 7.28. The van der Waals surface area contributed by atoms with E-state index in [1.807, 2.05) is 34.3 Å². The molecule has 0 unspecified atom stereocenters. The molecule has 0 amide bonds. The van der Waals surface area contributed by atoms with Crippen LogP contribution < -0.4 is 17.7 Å². The number of fused-ring (bicyclic) bond motifs is 1. The zero-order valence-electron chi connectivity index (χ0n) is 22.2. The normalized spacial score (nSPS) is 18.1. The van der Waals surface area contributed by atoms with Gasteiger partial charge >= 0.3 is 265 Å². The first-order chi connectivity index (χ1) is 18.2. The summed E-state index contributed by atoms with van der Waals surface area (Å²) in [6, 6.07) is 12.7. The number of hydrogen-bond donors (Lipinski definition) is 1. The summed E-state index contributed by atoms with van der Waals surface area (Å²) < 4.78 is 8.33. The van der Waals surface area contributed by atoms with Crippen molar-refractivity contribution in [2.45, 2.75) is 19.3 Å². The van der Waals surface area contributed by atoms with Crippen LogP contribution in [0.15, 0.2) is 92.5 Å². The molecular formula is C31H31ClN2O2Pb2. The number of benzene rings is 2. The Hall–Kier alpha value is -1.79. The van der Waals surface area contributed by atoms with Crippen LogP contribution in [0.3, 0.4) is 0 Å². The van der Waals surface area contributed by atoms with Gasteiger partial charge in [-0.15, -0.1) is 0 Å². The van der Waals surface area contributed by atoms with Crippen molar-refractivity contribution in [3.63, 3.8) is 0 Å². The molecule has 4 rings (SSSR count). The number of halogens is 1. The Balaban J connectivity index is 1.61. The molecule has 38 heavy (non-hydrogen) atoms. The summed E-state index contributed by atoms with van der Waals surface area (Å²) >= 11 is 8.65. The number of allylic oxidation sites excluding steroid dienone is 10. The van der Waals surface area contributed by atoms with Crippen molar-refractivity contribution in [1.29, 1.82) is 0 Å². The predicted octanol–water partition coefficient (Wildman–Crippen LogP) is 6.16. The molecule has 0 saturated carbocycles. The monoisotopic (exact) mass is 914 g/mol. The SMILES string of the molecule is CN(C)c1ccc(C(=C\O)/C=C/C2=C(Cl)C(=C/C=C3\C=[C]([Pb])Oc4cc(N(C)C)ccc43)/CCC2)[c]([Pb])c1. The maximum absolute atomic E-state index is 10.0. The van der Waals surface area contributed by atoms with Gasteiger partial charge in [0, 0.05) is 0 Å². The van der Waals surface area contributed by atoms with Crippen molar-refractivity contribution in [2.24, 2.45) is 0 Å². The molecule has 0 atom stereocenters. The van der Waals surface area contributed by atoms with Crippen LogP contribution in [0.5, 0.6) is 5.75 Å². The first-order valence-corrected chi connectivity index (χ1v) is 16.7. The van der Waals surface area contributed by atoms with Gasteiger partial charge < -0.3 is 0 Å². The Morgan fingerprint density at radius 2 is 1.68 bits per heavy atom. The summed E-state index contributed by atoms with van der Waals surface area (Å²) in [7, 11) is 8.15. The van der Waals surface area contributed by atoms with Gasteiger partial charge in [0.2, 0.25) is 0 Å². The second-order valence-electron chi connectivity index (χ2n) is 9.73. The first kappa shape index (κ1) is 29.2. The van der Waals surface area contributed by atoms with E-state index >= 15 is 0 Å². The van der Waals surface area contributed by atoms with Gasteiger partial charge in [-0.25, -0.2) is 0 Å². The van der Waals surface area contributed by atoms with Crippen molar-refractivity contribution in [3.8, 4) is 5.75 Å². The van der Waals surface area contributed by atoms with E-state index in [2.05, 4.69) is 70.5 Å². The molecule has 4 nitrogen and oxygen atoms in total. The second-order valence-corrected chi connectivity index (χ2v) is 14.1. The molecule has 0 spiro atoms. The van der Waals surface area contributed by atoms with E-state index in [1.165, 1.54) is 15.1 Å². The van der Waals surface area contributed by atoms with Gasteiger partial charge in [-0.1, -0.05) is 0 Å². The van der Waals surface area contributed by atoms with Gasteiger partial charge in [0.05, 0.1) is 0 Å². The van der Waals surface area contributed by atoms with E-state index in [9.17, 15) is 5.11 Å². The van der Waals surface area contributed by atoms with Crippen LogP contribution in [0.2, 0.25) is 0 Å². The van der Waals surface area contributed by atoms with Crippen LogP contribution in [-0.4, -0.2) is 84.8 Å². The third-order valence-electron chi connectivity index (χ3n) is 6.65. The number of hydrogen-bond acceptors (Lipinski definition) is 4. The molecule has 2 aromatic rings. The molecule has 0 fully saturated rings. The van der Waals surface area contributed by atoms with Crippen LogP contribution in [0.4, 0.5) is 11.4 Å². The van der Waals surface area contributed by atoms with Gasteiger partial charge in [-0.05, 0) is 0 Å². The van der Waals surface area contributed by atoms with E-state index in [0.29, 0.717) is 0 Å². The maximum atomic E-state index is 10.0. The average molecular weight is 913 g/mol. The number of ether oxygens (including phenoxy) is 1. The first-order valence-electron chi connectivity index (χ1n) is 12.5. The summed E-state index contributed by atoms with van der Waals surface area (Å²) in [6.07, 6.45) is 14.6. The number of aliphatic hydroxyl groups excluding tert-OH is 1. The Morgan fingerprint density at radius 1 is 0.974 bits per heavy atom. The van der Waals surface area contributed by atoms with Crippen LogP contribution in [-0.2, 0) is 0 Å². The number of anilines is 2. The number of nitrogens with zero attached hydrogens (tertiary/aromatic N) is 2. The van der Waals surface area contributed by atoms with Crippen LogP contribution >= 0.6 is 11.6 Å². The molecule has 1 heterocycles. The van der Waals surface area contributed by atoms with Crippen molar-refractivity contribution in [3.05, 3.63) is 104 Å². The Kier molecular flexibility index (Phi) is 10.0. The molecule has 1 N–H and O–H groups in total. The summed E-state index contributed by atoms with van der Waals surface area (Å²) in [5, 5.41) is 10.8. The molecule has 6 radical (unpaired) electrons. The number of aliphatic hydroxyl groups is 1. The molecule has 192 valence electrons. The van der Waals surface area contributed by atoms with E-state index in [1.54, 1.807) is 0 Å². The Morgan fingerprint density at radius 3 is 2.37 bits per heavy atom. The third kappa shape index (κ3) is 6.85. The molecule has 1 aliphatic carbocycles. The molecule has 0 saturated heterocycles. The van der Waals surface area contributed by atoms with Crippen LogP contribution in [0.1, 0.15) is 30.4 Å². The van der Waals surface area contributed by atoms with Crippen molar-refractivity contribution < 1.29 is 9.84 Å². The van der Waals surface area contributed by atoms with Gasteiger partial charge in [-0.3, -0.25) is 0 Å². The standard InChI is InChI=1S/C31H31ClN2O2.2Pb/c1-33(2)27-14-12-22(13-15-27)26(21-35)11-10-25-7-5-6-24(31(25)32)9-8-23-18-19-36-30-20-28(34(3)4)16-17-29(23)30;;/h8-12,14-18,20-21,35H,5-7H2,1-4H3;;/b11-10+,23-8+,24-9+,26-21-;;. The van der Waals surface area contributed by atoms with Gasteiger partial charge in [0.15, 0.2) is 0 Å². The quantitative estimate of drug-likeness (QED) is 0.215. The van der Waals surface area contributed by atoms with Crippen molar-refractivity contribution in [1.82, 2.24) is 0 Å². The molecule has 7 heteroatoms. The van der Waals surface area contributed by atoms with Gasteiger partial charge in [0.1, 0.15) is 0 Å². The van der Waals surface area contributed by atoms with E-state index in [4.69, 9.17) is 16.3 Å². The minimum absolute atomic E-state index is 0.802. The van der Waals surface area contributed by atoms with Gasteiger partial charge in [0.25, 0.3) is 0 Å². The van der Waals surface area contributed by atoms with Crippen LogP contribution in [0.25, 0.3) is 11.1 Å². The fourth-order valence-electron chi connectivity index (χ4n) is 4.47. The minimum atomic E-state index is 0.802. The third-order valence-corrected chi connectivity index (χ3v) is 9.70. The van der Waals surface area contributed by atoms with Crippen LogP contribution in [0, 0.1) is 0 Å². The fraction of sp³-hybridized carbons (Fsp3) is 0.226. The molecular weight excluding hydrogens is 882 g/mol. The van der Waals surface area contributed by atoms with Gasteiger partial charge in [-0.2, -0.15) is 0 Å². The summed E-state index contributed by atoms with van der Waals surface area (Å²) in [5.74, 6) is 0.905. The van der Waals surface area contributed by atoms with E-state index in [0.717, 1.165) is 124 Å². The van der Waals surface area contributed by atoms with Crippen molar-refractivity contribution >= 4 is 88.8 Å².